The molecule has 0 unspecified atom stereocenters. The Balaban J connectivity index is 1.48. The van der Waals surface area contributed by atoms with E-state index in [2.05, 4.69) is 15.0 Å². The Morgan fingerprint density at radius 2 is 1.87 bits per heavy atom. The summed E-state index contributed by atoms with van der Waals surface area (Å²) in [4.78, 5) is 49.9. The number of esters is 1. The van der Waals surface area contributed by atoms with E-state index in [0.717, 1.165) is 21.5 Å². The Labute approximate surface area is 234 Å². The van der Waals surface area contributed by atoms with Gasteiger partial charge in [0.15, 0.2) is 0 Å². The zero-order valence-electron chi connectivity index (χ0n) is 20.4. The van der Waals surface area contributed by atoms with Crippen molar-refractivity contribution in [2.75, 3.05) is 6.61 Å². The van der Waals surface area contributed by atoms with Gasteiger partial charge in [0, 0.05) is 5.02 Å². The molecule has 0 atom stereocenters. The minimum atomic E-state index is -0.602. The molecule has 0 aliphatic rings. The van der Waals surface area contributed by atoms with Gasteiger partial charge in [0.25, 0.3) is 5.19 Å². The molecule has 1 N–H and O–H groups in total. The molecule has 0 bridgehead atoms. The fraction of sp³-hybridized carbons (Fsp3) is 0.115. The molecular formula is C26H20ClN5O5S2. The molecular weight excluding hydrogens is 562 g/mol. The largest absolute Gasteiger partial charge is 0.462 e. The summed E-state index contributed by atoms with van der Waals surface area (Å²) < 4.78 is 13.2. The first-order valence-corrected chi connectivity index (χ1v) is 13.7. The van der Waals surface area contributed by atoms with Gasteiger partial charge < -0.3 is 9.47 Å². The molecule has 0 spiro atoms. The molecule has 13 heteroatoms. The molecule has 0 aliphatic heterocycles. The van der Waals surface area contributed by atoms with Crippen LogP contribution in [0.3, 0.4) is 0 Å². The number of nitrogens with one attached hydrogen (secondary N) is 1. The summed E-state index contributed by atoms with van der Waals surface area (Å²) in [5.41, 5.74) is 0.228. The predicted molar refractivity (Wildman–Crippen MR) is 149 cm³/mol. The molecule has 5 aromatic rings. The Hall–Kier alpha value is -4.26. The van der Waals surface area contributed by atoms with Crippen LogP contribution in [0.5, 0.6) is 10.9 Å². The van der Waals surface area contributed by atoms with Crippen molar-refractivity contribution in [2.45, 2.75) is 13.5 Å². The molecule has 0 radical (unpaired) electrons. The lowest BCUT2D eigenvalue weighted by Crippen LogP contribution is -2.49. The van der Waals surface area contributed by atoms with Gasteiger partial charge in [-0.2, -0.15) is 0 Å². The third-order valence-corrected chi connectivity index (χ3v) is 7.28. The zero-order valence-corrected chi connectivity index (χ0v) is 22.8. The number of aromatic amines is 1. The van der Waals surface area contributed by atoms with E-state index >= 15 is 0 Å². The van der Waals surface area contributed by atoms with Gasteiger partial charge in [-0.1, -0.05) is 35.1 Å². The van der Waals surface area contributed by atoms with Crippen LogP contribution in [0.25, 0.3) is 5.00 Å². The topological polar surface area (TPSA) is 121 Å². The molecule has 10 nitrogen and oxygen atoms in total. The van der Waals surface area contributed by atoms with E-state index in [-0.39, 0.29) is 24.0 Å². The Kier molecular flexibility index (Phi) is 7.87. The van der Waals surface area contributed by atoms with Crippen molar-refractivity contribution >= 4 is 45.9 Å². The average Bonchev–Trinajstić information content (AvgIpc) is 3.62. The minimum absolute atomic E-state index is 0.0837. The third-order valence-electron chi connectivity index (χ3n) is 5.32. The lowest BCUT2D eigenvalue weighted by Gasteiger charge is -2.10. The van der Waals surface area contributed by atoms with E-state index in [1.165, 1.54) is 22.1 Å². The maximum atomic E-state index is 13.5. The average molecular weight is 582 g/mol. The summed E-state index contributed by atoms with van der Waals surface area (Å²) in [5, 5.41) is 3.14. The van der Waals surface area contributed by atoms with Crippen LogP contribution in [0.15, 0.2) is 86.8 Å². The van der Waals surface area contributed by atoms with E-state index in [9.17, 15) is 14.4 Å². The number of hydrogen-bond acceptors (Lipinski definition) is 9. The van der Waals surface area contributed by atoms with Crippen LogP contribution in [0.1, 0.15) is 22.2 Å². The number of carbonyl (C=O) groups excluding carboxylic acids is 1. The van der Waals surface area contributed by atoms with Gasteiger partial charge in [-0.15, -0.1) is 11.3 Å². The first kappa shape index (κ1) is 26.4. The number of benzene rings is 2. The molecule has 0 saturated carbocycles. The van der Waals surface area contributed by atoms with E-state index in [0.29, 0.717) is 26.3 Å². The second-order valence-electron chi connectivity index (χ2n) is 7.95. The van der Waals surface area contributed by atoms with Crippen LogP contribution in [0, 0.1) is 0 Å². The summed E-state index contributed by atoms with van der Waals surface area (Å²) >= 11 is 8.37. The summed E-state index contributed by atoms with van der Waals surface area (Å²) in [6.07, 6.45) is 1.40. The first-order chi connectivity index (χ1) is 18.9. The number of aromatic nitrogens is 4. The Bertz CT molecular complexity index is 1790. The highest BCUT2D eigenvalue weighted by Gasteiger charge is 2.14. The molecule has 0 amide bonds. The van der Waals surface area contributed by atoms with Crippen molar-refractivity contribution in [3.05, 3.63) is 114 Å². The minimum Gasteiger partial charge on any atom is -0.462 e. The first-order valence-electron chi connectivity index (χ1n) is 11.6. The number of thiophene rings is 1. The quantitative estimate of drug-likeness (QED) is 0.264. The summed E-state index contributed by atoms with van der Waals surface area (Å²) in [6.45, 7) is 2.16. The van der Waals surface area contributed by atoms with Crippen LogP contribution in [0.2, 0.25) is 5.02 Å². The van der Waals surface area contributed by atoms with Crippen LogP contribution in [-0.2, 0) is 11.3 Å². The normalized spacial score (nSPS) is 11.5. The number of ether oxygens (including phenoxy) is 2. The van der Waals surface area contributed by atoms with Gasteiger partial charge in [-0.05, 0) is 66.4 Å². The molecule has 3 heterocycles. The molecule has 3 aromatic heterocycles. The van der Waals surface area contributed by atoms with Gasteiger partial charge in [0.1, 0.15) is 15.6 Å². The van der Waals surface area contributed by atoms with Gasteiger partial charge in [0.05, 0.1) is 25.0 Å². The maximum Gasteiger partial charge on any atom is 0.350 e. The lowest BCUT2D eigenvalue weighted by atomic mass is 10.2. The highest BCUT2D eigenvalue weighted by Crippen LogP contribution is 2.28. The number of carbonyl (C=O) groups is 1. The van der Waals surface area contributed by atoms with Gasteiger partial charge in [-0.3, -0.25) is 9.55 Å². The van der Waals surface area contributed by atoms with Gasteiger partial charge in [0.2, 0.25) is 5.62 Å². The number of nitrogens with zero attached hydrogens (tertiary/aromatic N) is 4. The van der Waals surface area contributed by atoms with Crippen molar-refractivity contribution in [3.8, 4) is 15.9 Å². The highest BCUT2D eigenvalue weighted by molar-refractivity contribution is 7.15. The molecule has 39 heavy (non-hydrogen) atoms. The number of H-pyrrole nitrogens is 1. The number of hydrogen-bond donors (Lipinski definition) is 1. The maximum absolute atomic E-state index is 13.5. The molecule has 198 valence electrons. The van der Waals surface area contributed by atoms with Crippen molar-refractivity contribution in [3.63, 3.8) is 0 Å². The number of halogens is 1. The van der Waals surface area contributed by atoms with Crippen LogP contribution in [-0.4, -0.2) is 31.7 Å². The van der Waals surface area contributed by atoms with Crippen LogP contribution in [0.4, 0.5) is 5.69 Å². The van der Waals surface area contributed by atoms with Crippen molar-refractivity contribution in [2.24, 2.45) is 4.99 Å². The summed E-state index contributed by atoms with van der Waals surface area (Å²) in [6, 6.07) is 17.2. The second kappa shape index (κ2) is 11.6. The monoisotopic (exact) mass is 581 g/mol. The van der Waals surface area contributed by atoms with Crippen molar-refractivity contribution < 1.29 is 14.3 Å². The molecule has 0 aliphatic carbocycles. The number of thiazole rings is 1. The van der Waals surface area contributed by atoms with Crippen LogP contribution < -0.4 is 21.7 Å². The fourth-order valence-electron chi connectivity index (χ4n) is 3.53. The molecule has 2 aromatic carbocycles. The van der Waals surface area contributed by atoms with Crippen molar-refractivity contribution in [1.29, 1.82) is 0 Å². The standard InChI is InChI=1S/C26H20ClN5O5S2/c1-2-36-22(33)20-14-28-25(39-20)37-19-11-9-18(10-12-19)29-23-30-24(34)32(21-4-3-13-38-21)26(35)31(23)15-16-5-7-17(27)8-6-16/h3-14H,2,15H2,1H3,(H,29,30,34). The van der Waals surface area contributed by atoms with E-state index in [4.69, 9.17) is 21.1 Å². The summed E-state index contributed by atoms with van der Waals surface area (Å²) in [7, 11) is 0. The second-order valence-corrected chi connectivity index (χ2v) is 10.3. The molecule has 0 fully saturated rings. The fourth-order valence-corrected chi connectivity index (χ4v) is 5.05. The van der Waals surface area contributed by atoms with E-state index in [1.54, 1.807) is 73.0 Å². The Morgan fingerprint density at radius 3 is 2.56 bits per heavy atom. The summed E-state index contributed by atoms with van der Waals surface area (Å²) in [5.74, 6) is 0.00949. The molecule has 5 rings (SSSR count). The highest BCUT2D eigenvalue weighted by atomic mass is 35.5. The third kappa shape index (κ3) is 6.08. The van der Waals surface area contributed by atoms with E-state index in [1.807, 2.05) is 0 Å². The van der Waals surface area contributed by atoms with Crippen molar-refractivity contribution in [1.82, 2.24) is 19.1 Å². The molecule has 0 saturated heterocycles. The van der Waals surface area contributed by atoms with E-state index < -0.39 is 17.3 Å². The predicted octanol–water partition coefficient (Wildman–Crippen LogP) is 4.75. The lowest BCUT2D eigenvalue weighted by molar-refractivity contribution is 0.0532. The Morgan fingerprint density at radius 1 is 1.10 bits per heavy atom. The smallest absolute Gasteiger partial charge is 0.350 e. The number of rotatable bonds is 8. The van der Waals surface area contributed by atoms with Gasteiger partial charge in [-0.25, -0.2) is 28.9 Å². The van der Waals surface area contributed by atoms with Gasteiger partial charge >= 0.3 is 17.3 Å². The van der Waals surface area contributed by atoms with Crippen LogP contribution >= 0.6 is 34.3 Å². The zero-order chi connectivity index (χ0) is 27.4. The SMILES string of the molecule is CCOC(=O)c1cnc(Oc2ccc(/N=c3\[nH]c(=O)n(-c4cccs4)c(=O)n3Cc3ccc(Cl)cc3)cc2)s1.